The Bertz CT molecular complexity index is 724. The van der Waals surface area contributed by atoms with Gasteiger partial charge in [-0.25, -0.2) is 0 Å². The van der Waals surface area contributed by atoms with Crippen molar-refractivity contribution < 1.29 is 9.59 Å². The van der Waals surface area contributed by atoms with Gasteiger partial charge in [0.15, 0.2) is 5.41 Å². The molecule has 4 heteroatoms. The molecule has 1 fully saturated rings. The van der Waals surface area contributed by atoms with Gasteiger partial charge in [-0.15, -0.1) is 6.58 Å². The maximum atomic E-state index is 13.5. The first-order chi connectivity index (χ1) is 11.5. The summed E-state index contributed by atoms with van der Waals surface area (Å²) >= 11 is 0. The van der Waals surface area contributed by atoms with Crippen molar-refractivity contribution in [3.05, 3.63) is 49.1 Å². The zero-order chi connectivity index (χ0) is 17.5. The average molecular weight is 324 g/mol. The van der Waals surface area contributed by atoms with Crippen molar-refractivity contribution in [2.75, 3.05) is 24.5 Å². The highest BCUT2D eigenvalue weighted by molar-refractivity contribution is 6.25. The molecule has 4 nitrogen and oxygen atoms in total. The lowest BCUT2D eigenvalue weighted by Gasteiger charge is -2.42. The van der Waals surface area contributed by atoms with Crippen LogP contribution in [0.15, 0.2) is 43.5 Å². The third kappa shape index (κ3) is 1.98. The van der Waals surface area contributed by atoms with Crippen molar-refractivity contribution in [1.82, 2.24) is 4.90 Å². The van der Waals surface area contributed by atoms with Crippen LogP contribution in [0.3, 0.4) is 0 Å². The third-order valence-corrected chi connectivity index (χ3v) is 5.23. The first kappa shape index (κ1) is 16.5. The van der Waals surface area contributed by atoms with Gasteiger partial charge in [0.2, 0.25) is 11.8 Å². The van der Waals surface area contributed by atoms with Gasteiger partial charge in [0.1, 0.15) is 0 Å². The number of rotatable bonds is 4. The van der Waals surface area contributed by atoms with Crippen molar-refractivity contribution in [3.63, 3.8) is 0 Å². The molecule has 1 spiro atoms. The molecule has 0 N–H and O–H groups in total. The lowest BCUT2D eigenvalue weighted by atomic mass is 9.67. The van der Waals surface area contributed by atoms with Gasteiger partial charge in [0.25, 0.3) is 0 Å². The molecule has 1 unspecified atom stereocenters. The minimum absolute atomic E-state index is 0.113. The van der Waals surface area contributed by atoms with Gasteiger partial charge in [-0.3, -0.25) is 9.59 Å². The van der Waals surface area contributed by atoms with E-state index in [-0.39, 0.29) is 17.7 Å². The van der Waals surface area contributed by atoms with Crippen molar-refractivity contribution in [3.8, 4) is 0 Å². The van der Waals surface area contributed by atoms with Crippen LogP contribution in [0, 0.1) is 11.3 Å². The molecule has 2 aliphatic heterocycles. The average Bonchev–Trinajstić information content (AvgIpc) is 2.82. The molecule has 24 heavy (non-hydrogen) atoms. The largest absolute Gasteiger partial charge is 0.337 e. The van der Waals surface area contributed by atoms with E-state index in [0.717, 1.165) is 17.7 Å². The molecule has 2 aliphatic rings. The Morgan fingerprint density at radius 3 is 2.67 bits per heavy atom. The molecule has 2 heterocycles. The number of fused-ring (bicyclic) bond motifs is 1. The monoisotopic (exact) mass is 324 g/mol. The van der Waals surface area contributed by atoms with Gasteiger partial charge in [-0.05, 0) is 18.1 Å². The fourth-order valence-electron chi connectivity index (χ4n) is 4.13. The number of hydrogen-bond donors (Lipinski definition) is 0. The topological polar surface area (TPSA) is 40.6 Å². The lowest BCUT2D eigenvalue weighted by Crippen LogP contribution is -2.54. The SMILES string of the molecule is C=CCN1CC(C)[C@]2(C(=C)c3ccccc3N(CCC)C2=O)C1=O. The molecular formula is C20H24N2O2. The first-order valence-corrected chi connectivity index (χ1v) is 8.51. The van der Waals surface area contributed by atoms with Gasteiger partial charge in [0, 0.05) is 31.1 Å². The summed E-state index contributed by atoms with van der Waals surface area (Å²) in [6.45, 7) is 13.6. The molecule has 1 aromatic rings. The zero-order valence-electron chi connectivity index (χ0n) is 14.4. The van der Waals surface area contributed by atoms with Crippen LogP contribution in [-0.4, -0.2) is 36.3 Å². The van der Waals surface area contributed by atoms with E-state index in [1.165, 1.54) is 0 Å². The molecule has 2 atom stereocenters. The summed E-state index contributed by atoms with van der Waals surface area (Å²) in [6, 6.07) is 7.75. The van der Waals surface area contributed by atoms with Gasteiger partial charge >= 0.3 is 0 Å². The Hall–Kier alpha value is -2.36. The minimum atomic E-state index is -1.17. The molecule has 0 saturated carbocycles. The second-order valence-corrected chi connectivity index (χ2v) is 6.66. The van der Waals surface area contributed by atoms with Gasteiger partial charge in [-0.1, -0.05) is 44.7 Å². The number of para-hydroxylation sites is 1. The predicted octanol–water partition coefficient (Wildman–Crippen LogP) is 3.11. The van der Waals surface area contributed by atoms with E-state index in [9.17, 15) is 9.59 Å². The predicted molar refractivity (Wildman–Crippen MR) is 96.5 cm³/mol. The Morgan fingerprint density at radius 1 is 1.29 bits per heavy atom. The second-order valence-electron chi connectivity index (χ2n) is 6.66. The Balaban J connectivity index is 2.19. The number of carbonyl (C=O) groups is 2. The maximum Gasteiger partial charge on any atom is 0.247 e. The van der Waals surface area contributed by atoms with E-state index in [2.05, 4.69) is 13.2 Å². The van der Waals surface area contributed by atoms with Gasteiger partial charge in [-0.2, -0.15) is 0 Å². The summed E-state index contributed by atoms with van der Waals surface area (Å²) < 4.78 is 0. The van der Waals surface area contributed by atoms with Crippen LogP contribution in [0.1, 0.15) is 25.8 Å². The molecule has 0 aliphatic carbocycles. The number of carbonyl (C=O) groups excluding carboxylic acids is 2. The van der Waals surface area contributed by atoms with Crippen LogP contribution < -0.4 is 4.90 Å². The van der Waals surface area contributed by atoms with E-state index in [4.69, 9.17) is 0 Å². The maximum absolute atomic E-state index is 13.5. The van der Waals surface area contributed by atoms with Crippen LogP contribution in [0.25, 0.3) is 5.57 Å². The van der Waals surface area contributed by atoms with Crippen molar-refractivity contribution in [2.24, 2.45) is 11.3 Å². The van der Waals surface area contributed by atoms with Crippen molar-refractivity contribution >= 4 is 23.1 Å². The highest BCUT2D eigenvalue weighted by Crippen LogP contribution is 2.53. The Labute approximate surface area is 143 Å². The summed E-state index contributed by atoms with van der Waals surface area (Å²) in [6.07, 6.45) is 2.54. The van der Waals surface area contributed by atoms with E-state index in [1.807, 2.05) is 38.1 Å². The summed E-state index contributed by atoms with van der Waals surface area (Å²) in [7, 11) is 0. The molecule has 1 saturated heterocycles. The lowest BCUT2D eigenvalue weighted by molar-refractivity contribution is -0.141. The number of amides is 2. The second kappa shape index (κ2) is 5.93. The molecular weight excluding hydrogens is 300 g/mol. The summed E-state index contributed by atoms with van der Waals surface area (Å²) in [5.41, 5.74) is 1.24. The minimum Gasteiger partial charge on any atom is -0.337 e. The van der Waals surface area contributed by atoms with Crippen LogP contribution in [-0.2, 0) is 9.59 Å². The molecule has 0 bridgehead atoms. The van der Waals surface area contributed by atoms with E-state index >= 15 is 0 Å². The highest BCUT2D eigenvalue weighted by atomic mass is 16.2. The van der Waals surface area contributed by atoms with Crippen LogP contribution in [0.2, 0.25) is 0 Å². The summed E-state index contributed by atoms with van der Waals surface area (Å²) in [5, 5.41) is 0. The van der Waals surface area contributed by atoms with E-state index in [0.29, 0.717) is 25.2 Å². The molecule has 0 radical (unpaired) electrons. The molecule has 3 rings (SSSR count). The smallest absolute Gasteiger partial charge is 0.247 e. The molecule has 0 aromatic heterocycles. The van der Waals surface area contributed by atoms with Crippen LogP contribution in [0.5, 0.6) is 0 Å². The number of benzene rings is 1. The normalized spacial score (nSPS) is 26.2. The Morgan fingerprint density at radius 2 is 2.00 bits per heavy atom. The van der Waals surface area contributed by atoms with Crippen LogP contribution in [0.4, 0.5) is 5.69 Å². The third-order valence-electron chi connectivity index (χ3n) is 5.23. The van der Waals surface area contributed by atoms with E-state index in [1.54, 1.807) is 15.9 Å². The zero-order valence-corrected chi connectivity index (χ0v) is 14.4. The number of hydrogen-bond acceptors (Lipinski definition) is 2. The highest BCUT2D eigenvalue weighted by Gasteiger charge is 2.62. The fourth-order valence-corrected chi connectivity index (χ4v) is 4.13. The van der Waals surface area contributed by atoms with E-state index < -0.39 is 5.41 Å². The van der Waals surface area contributed by atoms with Crippen LogP contribution >= 0.6 is 0 Å². The quantitative estimate of drug-likeness (QED) is 0.631. The molecule has 2 amide bonds. The van der Waals surface area contributed by atoms with Crippen molar-refractivity contribution in [1.29, 1.82) is 0 Å². The fraction of sp³-hybridized carbons (Fsp3) is 0.400. The molecule has 1 aromatic carbocycles. The number of nitrogens with zero attached hydrogens (tertiary/aromatic N) is 2. The summed E-state index contributed by atoms with van der Waals surface area (Å²) in [4.78, 5) is 30.2. The number of anilines is 1. The standard InChI is InChI=1S/C20H24N2O2/c1-5-11-21-13-14(3)20(18(21)23)15(4)16-9-7-8-10-17(16)22(12-6-2)19(20)24/h5,7-10,14H,1,4,6,11-13H2,2-3H3/t14?,20-/m0/s1. The van der Waals surface area contributed by atoms with Gasteiger partial charge < -0.3 is 9.80 Å². The van der Waals surface area contributed by atoms with Gasteiger partial charge in [0.05, 0.1) is 5.69 Å². The Kier molecular flexibility index (Phi) is 4.08. The first-order valence-electron chi connectivity index (χ1n) is 8.51. The molecule has 126 valence electrons. The number of likely N-dealkylation sites (tertiary alicyclic amines) is 1. The summed E-state index contributed by atoms with van der Waals surface area (Å²) in [5.74, 6) is -0.379. The van der Waals surface area contributed by atoms with Crippen molar-refractivity contribution in [2.45, 2.75) is 20.3 Å².